The molecule has 1 N–H and O–H groups in total. The van der Waals surface area contributed by atoms with Crippen molar-refractivity contribution < 1.29 is 18.0 Å². The molecule has 1 fully saturated rings. The average Bonchev–Trinajstić information content (AvgIpc) is 3.13. The number of alkyl halides is 3. The lowest BCUT2D eigenvalue weighted by Gasteiger charge is -2.26. The van der Waals surface area contributed by atoms with E-state index in [2.05, 4.69) is 15.4 Å². The number of pyridine rings is 1. The van der Waals surface area contributed by atoms with Gasteiger partial charge in [0.2, 0.25) is 0 Å². The van der Waals surface area contributed by atoms with E-state index in [0.29, 0.717) is 27.0 Å². The van der Waals surface area contributed by atoms with Gasteiger partial charge in [0.15, 0.2) is 11.3 Å². The van der Waals surface area contributed by atoms with E-state index in [4.69, 9.17) is 34.8 Å². The highest BCUT2D eigenvalue weighted by atomic mass is 35.5. The third-order valence-corrected chi connectivity index (χ3v) is 6.66. The van der Waals surface area contributed by atoms with E-state index in [1.54, 1.807) is 36.4 Å². The van der Waals surface area contributed by atoms with Gasteiger partial charge in [-0.2, -0.15) is 13.2 Å². The number of aromatic nitrogens is 3. The molecular weight excluding hydrogens is 524 g/mol. The number of benzene rings is 2. The third-order valence-electron chi connectivity index (χ3n) is 5.87. The van der Waals surface area contributed by atoms with Crippen LogP contribution in [0.5, 0.6) is 0 Å². The van der Waals surface area contributed by atoms with Gasteiger partial charge in [-0.3, -0.25) is 4.79 Å². The molecule has 180 valence electrons. The van der Waals surface area contributed by atoms with Crippen molar-refractivity contribution >= 4 is 51.7 Å². The highest BCUT2D eigenvalue weighted by molar-refractivity contribution is 6.35. The molecule has 2 aromatic carbocycles. The fourth-order valence-corrected chi connectivity index (χ4v) is 4.55. The number of carbonyl (C=O) groups excluding carboxylic acids is 1. The Bertz CT molecular complexity index is 1450. The fraction of sp³-hybridized carbons (Fsp3) is 0.208. The average molecular weight is 540 g/mol. The van der Waals surface area contributed by atoms with E-state index < -0.39 is 23.3 Å². The van der Waals surface area contributed by atoms with Gasteiger partial charge in [-0.15, -0.1) is 5.10 Å². The molecule has 5 nitrogen and oxygen atoms in total. The largest absolute Gasteiger partial charge is 0.434 e. The first-order valence-corrected chi connectivity index (χ1v) is 11.8. The minimum absolute atomic E-state index is 0.148. The number of amides is 1. The van der Waals surface area contributed by atoms with E-state index >= 15 is 0 Å². The Kier molecular flexibility index (Phi) is 6.15. The van der Waals surface area contributed by atoms with Gasteiger partial charge in [0, 0.05) is 27.0 Å². The zero-order chi connectivity index (χ0) is 24.9. The molecule has 0 atom stereocenters. The van der Waals surface area contributed by atoms with Gasteiger partial charge in [-0.05, 0) is 55.7 Å². The predicted octanol–water partition coefficient (Wildman–Crippen LogP) is 7.35. The Labute approximate surface area is 212 Å². The lowest BCUT2D eigenvalue weighted by molar-refractivity contribution is -0.141. The molecule has 1 amide bonds. The van der Waals surface area contributed by atoms with Crippen LogP contribution in [0.4, 0.5) is 13.2 Å². The van der Waals surface area contributed by atoms with Crippen LogP contribution in [-0.2, 0) is 6.18 Å². The molecule has 0 radical (unpaired) electrons. The second-order valence-electron chi connectivity index (χ2n) is 8.22. The minimum Gasteiger partial charge on any atom is -0.349 e. The Morgan fingerprint density at radius 1 is 1.00 bits per heavy atom. The van der Waals surface area contributed by atoms with Crippen molar-refractivity contribution in [1.29, 1.82) is 0 Å². The monoisotopic (exact) mass is 538 g/mol. The van der Waals surface area contributed by atoms with Crippen molar-refractivity contribution in [3.8, 4) is 16.9 Å². The van der Waals surface area contributed by atoms with Crippen molar-refractivity contribution in [1.82, 2.24) is 20.1 Å². The molecule has 35 heavy (non-hydrogen) atoms. The zero-order valence-electron chi connectivity index (χ0n) is 17.8. The lowest BCUT2D eigenvalue weighted by Crippen LogP contribution is -2.40. The Balaban J connectivity index is 1.79. The van der Waals surface area contributed by atoms with E-state index in [9.17, 15) is 18.0 Å². The Morgan fingerprint density at radius 3 is 2.29 bits per heavy atom. The molecule has 0 saturated heterocycles. The molecule has 0 aliphatic heterocycles. The fourth-order valence-electron chi connectivity index (χ4n) is 3.93. The van der Waals surface area contributed by atoms with Gasteiger partial charge in [0.25, 0.3) is 5.91 Å². The van der Waals surface area contributed by atoms with Crippen molar-refractivity contribution in [2.75, 3.05) is 0 Å². The standard InChI is InChI=1S/C24H16Cl3F3N4O/c25-13-6-4-12(5-7-13)20-16-11-17(23(35)31-15-2-1-3-15)21(24(28,29)30)32-22(16)33-34(20)19-9-8-14(26)10-18(19)27/h4-11,15H,1-3H2,(H,31,35). The summed E-state index contributed by atoms with van der Waals surface area (Å²) in [4.78, 5) is 16.7. The molecule has 0 spiro atoms. The second-order valence-corrected chi connectivity index (χ2v) is 9.50. The lowest BCUT2D eigenvalue weighted by atomic mass is 9.93. The molecule has 1 saturated carbocycles. The Morgan fingerprint density at radius 2 is 1.69 bits per heavy atom. The first kappa shape index (κ1) is 23.9. The van der Waals surface area contributed by atoms with E-state index in [1.807, 2.05) is 0 Å². The summed E-state index contributed by atoms with van der Waals surface area (Å²) < 4.78 is 43.2. The normalized spacial score (nSPS) is 14.2. The summed E-state index contributed by atoms with van der Waals surface area (Å²) in [6.45, 7) is 0. The van der Waals surface area contributed by atoms with Crippen molar-refractivity contribution in [3.05, 3.63) is 74.9 Å². The topological polar surface area (TPSA) is 59.8 Å². The number of nitrogens with zero attached hydrogens (tertiary/aromatic N) is 3. The van der Waals surface area contributed by atoms with Gasteiger partial charge in [-0.25, -0.2) is 9.67 Å². The predicted molar refractivity (Wildman–Crippen MR) is 129 cm³/mol. The number of fused-ring (bicyclic) bond motifs is 1. The minimum atomic E-state index is -4.86. The molecule has 11 heteroatoms. The maximum Gasteiger partial charge on any atom is 0.434 e. The van der Waals surface area contributed by atoms with E-state index in [0.717, 1.165) is 19.3 Å². The van der Waals surface area contributed by atoms with Crippen LogP contribution >= 0.6 is 34.8 Å². The zero-order valence-corrected chi connectivity index (χ0v) is 20.1. The van der Waals surface area contributed by atoms with Crippen molar-refractivity contribution in [2.45, 2.75) is 31.5 Å². The summed E-state index contributed by atoms with van der Waals surface area (Å²) in [5.74, 6) is -0.823. The highest BCUT2D eigenvalue weighted by Gasteiger charge is 2.39. The second kappa shape index (κ2) is 9.00. The van der Waals surface area contributed by atoms with Crippen LogP contribution in [0, 0.1) is 0 Å². The highest BCUT2D eigenvalue weighted by Crippen LogP contribution is 2.38. The summed E-state index contributed by atoms with van der Waals surface area (Å²) in [6, 6.07) is 12.4. The molecule has 4 aromatic rings. The van der Waals surface area contributed by atoms with Crippen molar-refractivity contribution in [3.63, 3.8) is 0 Å². The molecule has 0 bridgehead atoms. The summed E-state index contributed by atoms with van der Waals surface area (Å²) in [7, 11) is 0. The molecule has 5 rings (SSSR count). The van der Waals surface area contributed by atoms with E-state index in [1.165, 1.54) is 16.8 Å². The van der Waals surface area contributed by atoms with Gasteiger partial charge in [0.1, 0.15) is 0 Å². The summed E-state index contributed by atoms with van der Waals surface area (Å²) in [6.07, 6.45) is -2.48. The maximum absolute atomic E-state index is 13.9. The van der Waals surface area contributed by atoms with Crippen LogP contribution in [-0.4, -0.2) is 26.7 Å². The SMILES string of the molecule is O=C(NC1CCC1)c1cc2c(-c3ccc(Cl)cc3)n(-c3ccc(Cl)cc3Cl)nc2nc1C(F)(F)F. The van der Waals surface area contributed by atoms with Crippen LogP contribution in [0.3, 0.4) is 0 Å². The number of nitrogens with one attached hydrogen (secondary N) is 1. The summed E-state index contributed by atoms with van der Waals surface area (Å²) in [5, 5.41) is 8.37. The molecule has 0 unspecified atom stereocenters. The molecule has 1 aliphatic carbocycles. The first-order valence-electron chi connectivity index (χ1n) is 10.6. The smallest absolute Gasteiger partial charge is 0.349 e. The number of halogens is 6. The molecule has 1 aliphatic rings. The van der Waals surface area contributed by atoms with Crippen LogP contribution in [0.2, 0.25) is 15.1 Å². The van der Waals surface area contributed by atoms with Gasteiger partial charge in [-0.1, -0.05) is 46.9 Å². The first-order chi connectivity index (χ1) is 16.6. The van der Waals surface area contributed by atoms with Gasteiger partial charge in [0.05, 0.1) is 22.0 Å². The van der Waals surface area contributed by atoms with Gasteiger partial charge >= 0.3 is 6.18 Å². The third kappa shape index (κ3) is 4.58. The van der Waals surface area contributed by atoms with Crippen LogP contribution in [0.25, 0.3) is 28.0 Å². The number of hydrogen-bond acceptors (Lipinski definition) is 3. The van der Waals surface area contributed by atoms with E-state index in [-0.39, 0.29) is 22.1 Å². The molecule has 2 heterocycles. The number of rotatable bonds is 4. The van der Waals surface area contributed by atoms with Crippen LogP contribution in [0.15, 0.2) is 48.5 Å². The van der Waals surface area contributed by atoms with Crippen LogP contribution < -0.4 is 5.32 Å². The summed E-state index contributed by atoms with van der Waals surface area (Å²) in [5.41, 5.74) is -0.665. The van der Waals surface area contributed by atoms with Gasteiger partial charge < -0.3 is 5.32 Å². The summed E-state index contributed by atoms with van der Waals surface area (Å²) >= 11 is 18.5. The number of carbonyl (C=O) groups is 1. The molecular formula is C24H16Cl3F3N4O. The maximum atomic E-state index is 13.9. The molecule has 2 aromatic heterocycles. The Hall–Kier alpha value is -2.81. The van der Waals surface area contributed by atoms with Crippen molar-refractivity contribution in [2.24, 2.45) is 0 Å². The van der Waals surface area contributed by atoms with Crippen LogP contribution in [0.1, 0.15) is 35.3 Å². The quantitative estimate of drug-likeness (QED) is 0.295. The number of hydrogen-bond donors (Lipinski definition) is 1.